The fourth-order valence-electron chi connectivity index (χ4n) is 7.86. The molecule has 0 radical (unpaired) electrons. The summed E-state index contributed by atoms with van der Waals surface area (Å²) in [6.45, 7) is 6.33. The molecule has 2 fully saturated rings. The molecular formula is C43H52N6O10S. The smallest absolute Gasteiger partial charge is 0.264 e. The Bertz CT molecular complexity index is 2220. The maximum Gasteiger partial charge on any atom is 0.264 e. The first-order valence-electron chi connectivity index (χ1n) is 20.2. The number of piperidine rings is 1. The Morgan fingerprint density at radius 3 is 2.28 bits per heavy atom. The quantitative estimate of drug-likeness (QED) is 0.124. The molecular weight excluding hydrogens is 793 g/mol. The van der Waals surface area contributed by atoms with Crippen LogP contribution in [0.5, 0.6) is 11.5 Å². The number of anilines is 2. The van der Waals surface area contributed by atoms with Crippen molar-refractivity contribution in [3.05, 3.63) is 82.9 Å². The van der Waals surface area contributed by atoms with Crippen molar-refractivity contribution in [1.29, 1.82) is 0 Å². The number of amides is 6. The van der Waals surface area contributed by atoms with E-state index in [1.165, 1.54) is 13.2 Å². The third-order valence-electron chi connectivity index (χ3n) is 10.9. The Labute approximate surface area is 349 Å². The van der Waals surface area contributed by atoms with Crippen LogP contribution < -0.4 is 25.4 Å². The Kier molecular flexibility index (Phi) is 14.4. The van der Waals surface area contributed by atoms with Crippen LogP contribution in [0.15, 0.2) is 60.7 Å². The molecule has 2 atom stereocenters. The standard InChI is InChI=1S/C43H52N6O10S/c1-4-59-36-25-29(14-18-35(36)58-2)34(27-60(3,56)57)49-42(54)32-9-8-10-33(40(32)43(49)55)45-37(50)11-6-5-7-20-47-21-23-48(24-22-47)26-39(52)44-30-15-12-28(13-16-30)31-17-19-38(51)46-41(31)53/h8-10,12-16,18,25,31,34H,4-7,11,17,19-24,26-27H2,1-3H3,(H,44,52)(H,45,50)(H,46,51,53)/t31?,34-/m1/s1. The molecule has 0 saturated carbocycles. The largest absolute Gasteiger partial charge is 0.493 e. The second-order valence-corrected chi connectivity index (χ2v) is 17.5. The van der Waals surface area contributed by atoms with E-state index in [1.54, 1.807) is 61.5 Å². The maximum absolute atomic E-state index is 14.0. The van der Waals surface area contributed by atoms with Crippen molar-refractivity contribution < 1.29 is 46.7 Å². The van der Waals surface area contributed by atoms with Crippen LogP contribution >= 0.6 is 0 Å². The van der Waals surface area contributed by atoms with E-state index in [9.17, 15) is 37.2 Å². The van der Waals surface area contributed by atoms with Crippen LogP contribution in [0.4, 0.5) is 11.4 Å². The first kappa shape index (κ1) is 43.9. The highest BCUT2D eigenvalue weighted by Crippen LogP contribution is 2.38. The highest BCUT2D eigenvalue weighted by molar-refractivity contribution is 7.90. The number of benzene rings is 3. The number of sulfone groups is 1. The van der Waals surface area contributed by atoms with Crippen LogP contribution in [0.2, 0.25) is 0 Å². The number of carbonyl (C=O) groups is 6. The van der Waals surface area contributed by atoms with Gasteiger partial charge < -0.3 is 25.0 Å². The minimum Gasteiger partial charge on any atom is -0.493 e. The van der Waals surface area contributed by atoms with Crippen LogP contribution in [-0.4, -0.2) is 124 Å². The number of carbonyl (C=O) groups excluding carboxylic acids is 6. The lowest BCUT2D eigenvalue weighted by Gasteiger charge is -2.34. The molecule has 0 spiro atoms. The van der Waals surface area contributed by atoms with Crippen LogP contribution in [0.25, 0.3) is 0 Å². The van der Waals surface area contributed by atoms with Crippen LogP contribution in [0.3, 0.4) is 0 Å². The van der Waals surface area contributed by atoms with Crippen molar-refractivity contribution in [2.75, 3.05) is 75.6 Å². The van der Waals surface area contributed by atoms with Gasteiger partial charge >= 0.3 is 0 Å². The second-order valence-electron chi connectivity index (χ2n) is 15.3. The zero-order valence-electron chi connectivity index (χ0n) is 34.2. The summed E-state index contributed by atoms with van der Waals surface area (Å²) in [7, 11) is -2.21. The summed E-state index contributed by atoms with van der Waals surface area (Å²) in [5.41, 5.74) is 2.11. The van der Waals surface area contributed by atoms with Gasteiger partial charge in [-0.25, -0.2) is 8.42 Å². The second kappa shape index (κ2) is 19.6. The van der Waals surface area contributed by atoms with Gasteiger partial charge in [0, 0.05) is 51.0 Å². The summed E-state index contributed by atoms with van der Waals surface area (Å²) in [5.74, 6) is -2.47. The first-order valence-corrected chi connectivity index (χ1v) is 22.3. The molecule has 320 valence electrons. The summed E-state index contributed by atoms with van der Waals surface area (Å²) in [5, 5.41) is 8.10. The number of ether oxygens (including phenoxy) is 2. The molecule has 6 amide bonds. The number of hydrogen-bond acceptors (Lipinski definition) is 12. The third-order valence-corrected chi connectivity index (χ3v) is 11.8. The molecule has 3 aliphatic rings. The lowest BCUT2D eigenvalue weighted by molar-refractivity contribution is -0.134. The van der Waals surface area contributed by atoms with Gasteiger partial charge in [-0.2, -0.15) is 0 Å². The Morgan fingerprint density at radius 1 is 0.867 bits per heavy atom. The number of piperazine rings is 1. The average molecular weight is 845 g/mol. The zero-order chi connectivity index (χ0) is 43.0. The Morgan fingerprint density at radius 2 is 1.60 bits per heavy atom. The minimum absolute atomic E-state index is 0.0187. The van der Waals surface area contributed by atoms with Crippen molar-refractivity contribution in [2.45, 2.75) is 57.4 Å². The molecule has 17 heteroatoms. The summed E-state index contributed by atoms with van der Waals surface area (Å²) in [6.07, 6.45) is 4.32. The first-order chi connectivity index (χ1) is 28.7. The van der Waals surface area contributed by atoms with Gasteiger partial charge in [-0.3, -0.25) is 43.9 Å². The van der Waals surface area contributed by atoms with E-state index in [0.717, 1.165) is 62.3 Å². The fourth-order valence-corrected chi connectivity index (χ4v) is 8.78. The number of hydrogen-bond donors (Lipinski definition) is 3. The predicted molar refractivity (Wildman–Crippen MR) is 224 cm³/mol. The number of nitrogens with zero attached hydrogens (tertiary/aromatic N) is 3. The van der Waals surface area contributed by atoms with Crippen LogP contribution in [0, 0.1) is 0 Å². The molecule has 0 aromatic heterocycles. The van der Waals surface area contributed by atoms with Gasteiger partial charge in [0.05, 0.1) is 54.8 Å². The molecule has 3 heterocycles. The van der Waals surface area contributed by atoms with Gasteiger partial charge in [0.2, 0.25) is 23.6 Å². The number of nitrogens with one attached hydrogen (secondary N) is 3. The number of fused-ring (bicyclic) bond motifs is 1. The third kappa shape index (κ3) is 10.9. The molecule has 0 bridgehead atoms. The number of imide groups is 2. The van der Waals surface area contributed by atoms with Crippen molar-refractivity contribution in [3.63, 3.8) is 0 Å². The molecule has 3 aromatic rings. The van der Waals surface area contributed by atoms with Gasteiger partial charge in [0.15, 0.2) is 11.5 Å². The number of rotatable bonds is 18. The monoisotopic (exact) mass is 844 g/mol. The van der Waals surface area contributed by atoms with Gasteiger partial charge in [-0.1, -0.05) is 30.7 Å². The molecule has 3 N–H and O–H groups in total. The predicted octanol–water partition coefficient (Wildman–Crippen LogP) is 3.75. The maximum atomic E-state index is 14.0. The minimum atomic E-state index is -3.68. The highest BCUT2D eigenvalue weighted by Gasteiger charge is 2.43. The normalized spacial score (nSPS) is 17.9. The van der Waals surface area contributed by atoms with E-state index >= 15 is 0 Å². The van der Waals surface area contributed by atoms with E-state index in [4.69, 9.17) is 9.47 Å². The van der Waals surface area contributed by atoms with Crippen molar-refractivity contribution >= 4 is 56.7 Å². The highest BCUT2D eigenvalue weighted by atomic mass is 32.2. The average Bonchev–Trinajstić information content (AvgIpc) is 3.46. The van der Waals surface area contributed by atoms with Crippen LogP contribution in [0.1, 0.15) is 89.3 Å². The lowest BCUT2D eigenvalue weighted by atomic mass is 9.90. The lowest BCUT2D eigenvalue weighted by Crippen LogP contribution is -2.48. The summed E-state index contributed by atoms with van der Waals surface area (Å²) >= 11 is 0. The van der Waals surface area contributed by atoms with Crippen molar-refractivity contribution in [2.24, 2.45) is 0 Å². The Hall–Kier alpha value is -5.65. The van der Waals surface area contributed by atoms with E-state index in [0.29, 0.717) is 48.6 Å². The van der Waals surface area contributed by atoms with E-state index in [1.807, 2.05) is 0 Å². The zero-order valence-corrected chi connectivity index (χ0v) is 35.0. The molecule has 6 rings (SSSR count). The SMILES string of the molecule is CCOc1cc([C@@H](CS(C)(=O)=O)N2C(=O)c3cccc(NC(=O)CCCCCN4CCN(CC(=O)Nc5ccc(C6CCC(=O)NC6=O)cc5)CC4)c3C2=O)ccc1OC. The van der Waals surface area contributed by atoms with E-state index < -0.39 is 33.4 Å². The number of unbranched alkanes of at least 4 members (excludes halogenated alkanes) is 2. The van der Waals surface area contributed by atoms with Gasteiger partial charge in [-0.15, -0.1) is 0 Å². The molecule has 2 saturated heterocycles. The van der Waals surface area contributed by atoms with Gasteiger partial charge in [-0.05, 0) is 80.3 Å². The summed E-state index contributed by atoms with van der Waals surface area (Å²) in [6, 6.07) is 15.4. The molecule has 60 heavy (non-hydrogen) atoms. The summed E-state index contributed by atoms with van der Waals surface area (Å²) in [4.78, 5) is 82.6. The van der Waals surface area contributed by atoms with Gasteiger partial charge in [0.25, 0.3) is 11.8 Å². The molecule has 3 aromatic carbocycles. The molecule has 3 aliphatic heterocycles. The van der Waals surface area contributed by atoms with E-state index in [2.05, 4.69) is 25.8 Å². The fraction of sp³-hybridized carbons (Fsp3) is 0.442. The van der Waals surface area contributed by atoms with Crippen molar-refractivity contribution in [1.82, 2.24) is 20.0 Å². The van der Waals surface area contributed by atoms with E-state index in [-0.39, 0.29) is 59.3 Å². The van der Waals surface area contributed by atoms with Gasteiger partial charge in [0.1, 0.15) is 9.84 Å². The number of methoxy groups -OCH3 is 1. The molecule has 1 unspecified atom stereocenters. The summed E-state index contributed by atoms with van der Waals surface area (Å²) < 4.78 is 36.2. The molecule has 16 nitrogen and oxygen atoms in total. The molecule has 0 aliphatic carbocycles. The topological polar surface area (TPSA) is 201 Å². The van der Waals surface area contributed by atoms with Crippen molar-refractivity contribution in [3.8, 4) is 11.5 Å². The Balaban J connectivity index is 0.935. The van der Waals surface area contributed by atoms with Crippen LogP contribution in [-0.2, 0) is 29.0 Å².